The number of carbonyl (C=O) groups excluding carboxylic acids is 1. The van der Waals surface area contributed by atoms with Gasteiger partial charge >= 0.3 is 0 Å². The summed E-state index contributed by atoms with van der Waals surface area (Å²) in [5, 5.41) is 3.22. The monoisotopic (exact) mass is 327 g/mol. The topological polar surface area (TPSA) is 36.4 Å². The fourth-order valence-electron chi connectivity index (χ4n) is 4.19. The van der Waals surface area contributed by atoms with Crippen LogP contribution in [0.3, 0.4) is 0 Å². The van der Waals surface area contributed by atoms with Crippen LogP contribution >= 0.6 is 11.3 Å². The Morgan fingerprint density at radius 2 is 2.09 bits per heavy atom. The lowest BCUT2D eigenvalue weighted by atomic mass is 9.89. The van der Waals surface area contributed by atoms with Crippen molar-refractivity contribution in [2.75, 3.05) is 19.6 Å². The Bertz CT molecular complexity index is 673. The second kappa shape index (κ2) is 6.06. The van der Waals surface area contributed by atoms with Gasteiger partial charge in [0.1, 0.15) is 5.01 Å². The van der Waals surface area contributed by atoms with Crippen molar-refractivity contribution in [3.05, 3.63) is 52.5 Å². The molecule has 0 aliphatic carbocycles. The SMILES string of the molecule is CC(=O)N1C[C@H]2CN(Cc3nccs3)C[C@H]2[C@H]1c1ccccc1. The minimum Gasteiger partial charge on any atom is -0.335 e. The Kier molecular flexibility index (Phi) is 3.91. The van der Waals surface area contributed by atoms with E-state index in [9.17, 15) is 4.79 Å². The van der Waals surface area contributed by atoms with Gasteiger partial charge in [-0.15, -0.1) is 11.3 Å². The Labute approximate surface area is 140 Å². The van der Waals surface area contributed by atoms with Gasteiger partial charge in [-0.2, -0.15) is 0 Å². The van der Waals surface area contributed by atoms with Crippen molar-refractivity contribution in [2.45, 2.75) is 19.5 Å². The molecule has 120 valence electrons. The van der Waals surface area contributed by atoms with Gasteiger partial charge in [-0.1, -0.05) is 30.3 Å². The lowest BCUT2D eigenvalue weighted by Crippen LogP contribution is -2.34. The zero-order valence-electron chi connectivity index (χ0n) is 13.3. The number of amides is 1. The van der Waals surface area contributed by atoms with E-state index in [0.29, 0.717) is 11.8 Å². The van der Waals surface area contributed by atoms with Gasteiger partial charge in [0.05, 0.1) is 12.6 Å². The smallest absolute Gasteiger partial charge is 0.219 e. The van der Waals surface area contributed by atoms with Crippen LogP contribution in [0.4, 0.5) is 0 Å². The summed E-state index contributed by atoms with van der Waals surface area (Å²) in [6.45, 7) is 5.63. The number of hydrogen-bond acceptors (Lipinski definition) is 4. The van der Waals surface area contributed by atoms with Crippen molar-refractivity contribution in [1.82, 2.24) is 14.8 Å². The van der Waals surface area contributed by atoms with Gasteiger partial charge in [-0.25, -0.2) is 4.98 Å². The number of thiazole rings is 1. The van der Waals surface area contributed by atoms with Crippen LogP contribution < -0.4 is 0 Å². The van der Waals surface area contributed by atoms with E-state index in [-0.39, 0.29) is 11.9 Å². The normalized spacial score (nSPS) is 27.3. The molecule has 2 saturated heterocycles. The first kappa shape index (κ1) is 14.8. The number of nitrogens with zero attached hydrogens (tertiary/aromatic N) is 3. The van der Waals surface area contributed by atoms with Gasteiger partial charge < -0.3 is 4.90 Å². The maximum atomic E-state index is 12.1. The summed E-state index contributed by atoms with van der Waals surface area (Å²) in [6.07, 6.45) is 1.88. The van der Waals surface area contributed by atoms with E-state index in [1.54, 1.807) is 18.3 Å². The minimum atomic E-state index is 0.194. The lowest BCUT2D eigenvalue weighted by molar-refractivity contribution is -0.130. The van der Waals surface area contributed by atoms with Crippen LogP contribution in [0.2, 0.25) is 0 Å². The summed E-state index contributed by atoms with van der Waals surface area (Å²) in [4.78, 5) is 21.1. The van der Waals surface area contributed by atoms with Crippen molar-refractivity contribution in [2.24, 2.45) is 11.8 Å². The van der Waals surface area contributed by atoms with Crippen molar-refractivity contribution < 1.29 is 4.79 Å². The predicted molar refractivity (Wildman–Crippen MR) is 90.9 cm³/mol. The number of rotatable bonds is 3. The Hall–Kier alpha value is -1.72. The molecule has 2 fully saturated rings. The quantitative estimate of drug-likeness (QED) is 0.870. The molecule has 4 nitrogen and oxygen atoms in total. The van der Waals surface area contributed by atoms with Gasteiger partial charge in [0.15, 0.2) is 0 Å². The summed E-state index contributed by atoms with van der Waals surface area (Å²) in [5.74, 6) is 1.30. The molecule has 0 N–H and O–H groups in total. The molecule has 1 amide bonds. The third-order valence-corrected chi connectivity index (χ3v) is 5.89. The predicted octanol–water partition coefficient (Wildman–Crippen LogP) is 2.79. The van der Waals surface area contributed by atoms with Crippen molar-refractivity contribution in [3.8, 4) is 0 Å². The number of likely N-dealkylation sites (tertiary alicyclic amines) is 2. The van der Waals surface area contributed by atoms with Gasteiger partial charge in [0.2, 0.25) is 5.91 Å². The standard InChI is InChI=1S/C18H21N3OS/c1-13(22)21-10-15-9-20(12-17-19-7-8-23-17)11-16(15)18(21)14-5-3-2-4-6-14/h2-8,15-16,18H,9-12H2,1H3/t15-,16-,18-/m1/s1. The average molecular weight is 327 g/mol. The van der Waals surface area contributed by atoms with E-state index in [2.05, 4.69) is 39.0 Å². The summed E-state index contributed by atoms with van der Waals surface area (Å²) in [5.41, 5.74) is 1.27. The van der Waals surface area contributed by atoms with Gasteiger partial charge in [-0.05, 0) is 11.5 Å². The summed E-state index contributed by atoms with van der Waals surface area (Å²) >= 11 is 1.72. The summed E-state index contributed by atoms with van der Waals surface area (Å²) in [6, 6.07) is 10.7. The largest absolute Gasteiger partial charge is 0.335 e. The van der Waals surface area contributed by atoms with Gasteiger partial charge in [-0.3, -0.25) is 9.69 Å². The highest BCUT2D eigenvalue weighted by molar-refractivity contribution is 7.09. The summed E-state index contributed by atoms with van der Waals surface area (Å²) < 4.78 is 0. The third kappa shape index (κ3) is 2.79. The molecule has 0 spiro atoms. The molecular weight excluding hydrogens is 306 g/mol. The lowest BCUT2D eigenvalue weighted by Gasteiger charge is -2.29. The molecule has 1 aromatic carbocycles. The molecule has 2 aromatic rings. The first-order valence-corrected chi connectivity index (χ1v) is 9.03. The van der Waals surface area contributed by atoms with E-state index >= 15 is 0 Å². The molecule has 5 heteroatoms. The molecule has 3 heterocycles. The maximum Gasteiger partial charge on any atom is 0.219 e. The molecule has 0 radical (unpaired) electrons. The molecule has 0 saturated carbocycles. The Balaban J connectivity index is 1.55. The van der Waals surface area contributed by atoms with Crippen molar-refractivity contribution in [1.29, 1.82) is 0 Å². The number of fused-ring (bicyclic) bond motifs is 1. The van der Waals surface area contributed by atoms with E-state index in [1.807, 2.05) is 17.6 Å². The van der Waals surface area contributed by atoms with Crippen LogP contribution in [0.5, 0.6) is 0 Å². The average Bonchev–Trinajstić information content (AvgIpc) is 3.24. The molecule has 2 aliphatic heterocycles. The molecule has 4 rings (SSSR count). The third-order valence-electron chi connectivity index (χ3n) is 5.13. The molecule has 1 aromatic heterocycles. The van der Waals surface area contributed by atoms with Gasteiger partial charge in [0, 0.05) is 44.1 Å². The Morgan fingerprint density at radius 3 is 2.78 bits per heavy atom. The van der Waals surface area contributed by atoms with E-state index in [4.69, 9.17) is 0 Å². The number of carbonyl (C=O) groups is 1. The molecule has 2 aliphatic rings. The van der Waals surface area contributed by atoms with Crippen LogP contribution in [-0.4, -0.2) is 40.3 Å². The maximum absolute atomic E-state index is 12.1. The van der Waals surface area contributed by atoms with Crippen molar-refractivity contribution >= 4 is 17.2 Å². The second-order valence-corrected chi connectivity index (χ2v) is 7.55. The first-order chi connectivity index (χ1) is 11.2. The van der Waals surface area contributed by atoms with Crippen LogP contribution in [-0.2, 0) is 11.3 Å². The second-order valence-electron chi connectivity index (χ2n) is 6.57. The van der Waals surface area contributed by atoms with Gasteiger partial charge in [0.25, 0.3) is 0 Å². The highest BCUT2D eigenvalue weighted by atomic mass is 32.1. The van der Waals surface area contributed by atoms with E-state index in [0.717, 1.165) is 26.2 Å². The number of hydrogen-bond donors (Lipinski definition) is 0. The molecule has 3 atom stereocenters. The van der Waals surface area contributed by atoms with Crippen LogP contribution in [0.15, 0.2) is 41.9 Å². The number of benzene rings is 1. The minimum absolute atomic E-state index is 0.194. The molecular formula is C18H21N3OS. The molecule has 23 heavy (non-hydrogen) atoms. The zero-order valence-corrected chi connectivity index (χ0v) is 14.1. The zero-order chi connectivity index (χ0) is 15.8. The van der Waals surface area contributed by atoms with Crippen LogP contribution in [0.1, 0.15) is 23.5 Å². The Morgan fingerprint density at radius 1 is 1.26 bits per heavy atom. The highest BCUT2D eigenvalue weighted by Crippen LogP contribution is 2.45. The fourth-order valence-corrected chi connectivity index (χ4v) is 4.85. The van der Waals surface area contributed by atoms with Crippen LogP contribution in [0.25, 0.3) is 0 Å². The van der Waals surface area contributed by atoms with Crippen molar-refractivity contribution in [3.63, 3.8) is 0 Å². The number of aromatic nitrogens is 1. The molecule has 0 bridgehead atoms. The molecule has 0 unspecified atom stereocenters. The van der Waals surface area contributed by atoms with Crippen LogP contribution in [0, 0.1) is 11.8 Å². The highest BCUT2D eigenvalue weighted by Gasteiger charge is 2.48. The van der Waals surface area contributed by atoms with E-state index in [1.165, 1.54) is 10.6 Å². The van der Waals surface area contributed by atoms with E-state index < -0.39 is 0 Å². The first-order valence-electron chi connectivity index (χ1n) is 8.15. The summed E-state index contributed by atoms with van der Waals surface area (Å²) in [7, 11) is 0. The fraction of sp³-hybridized carbons (Fsp3) is 0.444.